The predicted molar refractivity (Wildman–Crippen MR) is 60.4 cm³/mol. The van der Waals surface area contributed by atoms with E-state index in [2.05, 4.69) is 25.2 Å². The summed E-state index contributed by atoms with van der Waals surface area (Å²) in [6, 6.07) is 0. The van der Waals surface area contributed by atoms with Crippen molar-refractivity contribution in [3.8, 4) is 0 Å². The molecular formula is C9H14ClN5. The lowest BCUT2D eigenvalue weighted by molar-refractivity contribution is 0.878. The maximum atomic E-state index is 5.84. The van der Waals surface area contributed by atoms with Crippen molar-refractivity contribution in [2.24, 2.45) is 0 Å². The van der Waals surface area contributed by atoms with Crippen LogP contribution < -0.4 is 10.2 Å². The van der Waals surface area contributed by atoms with Gasteiger partial charge in [-0.1, -0.05) is 0 Å². The van der Waals surface area contributed by atoms with Crippen molar-refractivity contribution < 1.29 is 0 Å². The highest BCUT2D eigenvalue weighted by atomic mass is 35.5. The molecule has 1 aromatic rings. The SMILES string of the molecule is CCNc1nc(Cl)nc(N2CCCC2)n1. The van der Waals surface area contributed by atoms with E-state index in [1.54, 1.807) is 0 Å². The summed E-state index contributed by atoms with van der Waals surface area (Å²) in [7, 11) is 0. The van der Waals surface area contributed by atoms with Gasteiger partial charge in [0.05, 0.1) is 0 Å². The van der Waals surface area contributed by atoms with Crippen LogP contribution in [0.3, 0.4) is 0 Å². The second-order valence-corrected chi connectivity index (χ2v) is 3.79. The highest BCUT2D eigenvalue weighted by Gasteiger charge is 2.16. The molecule has 5 nitrogen and oxygen atoms in total. The number of halogens is 1. The standard InChI is InChI=1S/C9H14ClN5/c1-2-11-8-12-7(10)13-9(14-8)15-5-3-4-6-15/h2-6H2,1H3,(H,11,12,13,14). The van der Waals surface area contributed by atoms with Crippen LogP contribution in [0, 0.1) is 0 Å². The largest absolute Gasteiger partial charge is 0.354 e. The molecule has 2 rings (SSSR count). The minimum atomic E-state index is 0.253. The first-order valence-corrected chi connectivity index (χ1v) is 5.58. The maximum Gasteiger partial charge on any atom is 0.231 e. The van der Waals surface area contributed by atoms with Crippen molar-refractivity contribution in [2.45, 2.75) is 19.8 Å². The fraction of sp³-hybridized carbons (Fsp3) is 0.667. The summed E-state index contributed by atoms with van der Waals surface area (Å²) in [6.07, 6.45) is 2.39. The van der Waals surface area contributed by atoms with Crippen molar-refractivity contribution in [3.05, 3.63) is 5.28 Å². The van der Waals surface area contributed by atoms with Gasteiger partial charge < -0.3 is 10.2 Å². The van der Waals surface area contributed by atoms with Gasteiger partial charge in [-0.3, -0.25) is 0 Å². The van der Waals surface area contributed by atoms with Gasteiger partial charge in [0, 0.05) is 19.6 Å². The van der Waals surface area contributed by atoms with E-state index in [4.69, 9.17) is 11.6 Å². The molecule has 1 aromatic heterocycles. The second kappa shape index (κ2) is 4.61. The summed E-state index contributed by atoms with van der Waals surface area (Å²) in [5.41, 5.74) is 0. The lowest BCUT2D eigenvalue weighted by Gasteiger charge is -2.15. The van der Waals surface area contributed by atoms with Crippen molar-refractivity contribution in [1.29, 1.82) is 0 Å². The quantitative estimate of drug-likeness (QED) is 0.849. The van der Waals surface area contributed by atoms with Crippen LogP contribution >= 0.6 is 11.6 Å². The summed E-state index contributed by atoms with van der Waals surface area (Å²) < 4.78 is 0. The molecule has 0 radical (unpaired) electrons. The third kappa shape index (κ3) is 2.47. The van der Waals surface area contributed by atoms with Crippen LogP contribution in [0.1, 0.15) is 19.8 Å². The molecule has 0 amide bonds. The highest BCUT2D eigenvalue weighted by molar-refractivity contribution is 6.28. The minimum Gasteiger partial charge on any atom is -0.354 e. The van der Waals surface area contributed by atoms with Crippen LogP contribution in [-0.2, 0) is 0 Å². The Hall–Kier alpha value is -1.10. The summed E-state index contributed by atoms with van der Waals surface area (Å²) in [5, 5.41) is 3.29. The monoisotopic (exact) mass is 227 g/mol. The summed E-state index contributed by atoms with van der Waals surface area (Å²) in [5.74, 6) is 1.24. The van der Waals surface area contributed by atoms with Gasteiger partial charge in [-0.05, 0) is 31.4 Å². The number of hydrogen-bond donors (Lipinski definition) is 1. The van der Waals surface area contributed by atoms with Crippen molar-refractivity contribution >= 4 is 23.5 Å². The Morgan fingerprint density at radius 3 is 2.67 bits per heavy atom. The Labute approximate surface area is 93.9 Å². The lowest BCUT2D eigenvalue weighted by Crippen LogP contribution is -2.21. The van der Waals surface area contributed by atoms with Gasteiger partial charge in [-0.2, -0.15) is 15.0 Å². The minimum absolute atomic E-state index is 0.253. The molecule has 0 spiro atoms. The smallest absolute Gasteiger partial charge is 0.231 e. The van der Waals surface area contributed by atoms with E-state index in [1.807, 2.05) is 6.92 Å². The third-order valence-electron chi connectivity index (χ3n) is 2.32. The number of hydrogen-bond acceptors (Lipinski definition) is 5. The molecule has 15 heavy (non-hydrogen) atoms. The van der Waals surface area contributed by atoms with Crippen LogP contribution in [-0.4, -0.2) is 34.6 Å². The molecule has 0 aliphatic carbocycles. The van der Waals surface area contributed by atoms with E-state index in [-0.39, 0.29) is 5.28 Å². The molecule has 1 saturated heterocycles. The van der Waals surface area contributed by atoms with Gasteiger partial charge in [0.1, 0.15) is 0 Å². The fourth-order valence-corrected chi connectivity index (χ4v) is 1.79. The first-order chi connectivity index (χ1) is 7.29. The summed E-state index contributed by atoms with van der Waals surface area (Å²) in [4.78, 5) is 14.6. The normalized spacial score (nSPS) is 15.7. The van der Waals surface area contributed by atoms with Crippen molar-refractivity contribution in [2.75, 3.05) is 29.9 Å². The van der Waals surface area contributed by atoms with Crippen LogP contribution in [0.2, 0.25) is 5.28 Å². The number of anilines is 2. The molecule has 0 bridgehead atoms. The number of aromatic nitrogens is 3. The summed E-state index contributed by atoms with van der Waals surface area (Å²) in [6.45, 7) is 4.78. The second-order valence-electron chi connectivity index (χ2n) is 3.45. The summed E-state index contributed by atoms with van der Waals surface area (Å²) >= 11 is 5.84. The predicted octanol–water partition coefficient (Wildman–Crippen LogP) is 1.56. The Morgan fingerprint density at radius 2 is 2.00 bits per heavy atom. The molecule has 1 aliphatic heterocycles. The van der Waals surface area contributed by atoms with Gasteiger partial charge >= 0.3 is 0 Å². The van der Waals surface area contributed by atoms with E-state index < -0.39 is 0 Å². The van der Waals surface area contributed by atoms with Gasteiger partial charge in [-0.25, -0.2) is 0 Å². The number of nitrogens with one attached hydrogen (secondary N) is 1. The van der Waals surface area contributed by atoms with Crippen LogP contribution in [0.25, 0.3) is 0 Å². The molecule has 0 aromatic carbocycles. The molecule has 0 atom stereocenters. The Morgan fingerprint density at radius 1 is 1.27 bits per heavy atom. The van der Waals surface area contributed by atoms with E-state index in [0.29, 0.717) is 11.9 Å². The number of rotatable bonds is 3. The Balaban J connectivity index is 2.22. The van der Waals surface area contributed by atoms with E-state index >= 15 is 0 Å². The van der Waals surface area contributed by atoms with E-state index in [0.717, 1.165) is 19.6 Å². The molecule has 1 aliphatic rings. The fourth-order valence-electron chi connectivity index (χ4n) is 1.64. The van der Waals surface area contributed by atoms with E-state index in [1.165, 1.54) is 12.8 Å². The molecule has 1 N–H and O–H groups in total. The lowest BCUT2D eigenvalue weighted by atomic mass is 10.4. The Bertz CT molecular complexity index is 337. The maximum absolute atomic E-state index is 5.84. The first-order valence-electron chi connectivity index (χ1n) is 5.20. The van der Waals surface area contributed by atoms with Crippen LogP contribution in [0.5, 0.6) is 0 Å². The molecule has 1 fully saturated rings. The van der Waals surface area contributed by atoms with Crippen molar-refractivity contribution in [3.63, 3.8) is 0 Å². The topological polar surface area (TPSA) is 53.9 Å². The zero-order valence-corrected chi connectivity index (χ0v) is 9.46. The van der Waals surface area contributed by atoms with Gasteiger partial charge in [0.15, 0.2) is 0 Å². The molecule has 2 heterocycles. The van der Waals surface area contributed by atoms with Crippen molar-refractivity contribution in [1.82, 2.24) is 15.0 Å². The van der Waals surface area contributed by atoms with Crippen LogP contribution in [0.4, 0.5) is 11.9 Å². The van der Waals surface area contributed by atoms with E-state index in [9.17, 15) is 0 Å². The zero-order valence-electron chi connectivity index (χ0n) is 8.70. The van der Waals surface area contributed by atoms with Crippen LogP contribution in [0.15, 0.2) is 0 Å². The average Bonchev–Trinajstić information content (AvgIpc) is 2.70. The Kier molecular flexibility index (Phi) is 3.20. The third-order valence-corrected chi connectivity index (χ3v) is 2.49. The molecule has 0 unspecified atom stereocenters. The molecule has 82 valence electrons. The van der Waals surface area contributed by atoms with Gasteiger partial charge in [0.2, 0.25) is 17.2 Å². The van der Waals surface area contributed by atoms with Gasteiger partial charge in [-0.15, -0.1) is 0 Å². The number of nitrogens with zero attached hydrogens (tertiary/aromatic N) is 4. The zero-order chi connectivity index (χ0) is 10.7. The average molecular weight is 228 g/mol. The molecule has 0 saturated carbocycles. The molecular weight excluding hydrogens is 214 g/mol. The molecule has 6 heteroatoms. The first kappa shape index (κ1) is 10.4. The highest BCUT2D eigenvalue weighted by Crippen LogP contribution is 2.18. The van der Waals surface area contributed by atoms with Gasteiger partial charge in [0.25, 0.3) is 0 Å².